The molecule has 1 fully saturated rings. The van der Waals surface area contributed by atoms with Crippen LogP contribution in [0.5, 0.6) is 0 Å². The maximum Gasteiger partial charge on any atom is 0.244 e. The van der Waals surface area contributed by atoms with Crippen LogP contribution >= 0.6 is 11.6 Å². The third-order valence-corrected chi connectivity index (χ3v) is 5.92. The first-order valence-corrected chi connectivity index (χ1v) is 8.18. The highest BCUT2D eigenvalue weighted by Gasteiger charge is 2.30. The van der Waals surface area contributed by atoms with Crippen LogP contribution in [0.15, 0.2) is 23.1 Å². The van der Waals surface area contributed by atoms with Crippen LogP contribution in [0.2, 0.25) is 5.02 Å². The lowest BCUT2D eigenvalue weighted by atomic mass is 10.1. The van der Waals surface area contributed by atoms with E-state index >= 15 is 0 Å². The van der Waals surface area contributed by atoms with E-state index in [2.05, 4.69) is 5.32 Å². The van der Waals surface area contributed by atoms with Crippen LogP contribution in [-0.4, -0.2) is 38.9 Å². The van der Waals surface area contributed by atoms with Gasteiger partial charge in [0.2, 0.25) is 10.0 Å². The minimum Gasteiger partial charge on any atom is -0.317 e. The van der Waals surface area contributed by atoms with Gasteiger partial charge in [-0.25, -0.2) is 8.42 Å². The highest BCUT2D eigenvalue weighted by molar-refractivity contribution is 7.89. The summed E-state index contributed by atoms with van der Waals surface area (Å²) >= 11 is 6.00. The molecular formula is C13H16ClN3O2S. The van der Waals surface area contributed by atoms with E-state index in [9.17, 15) is 8.42 Å². The Morgan fingerprint density at radius 1 is 1.40 bits per heavy atom. The van der Waals surface area contributed by atoms with Crippen LogP contribution in [0.3, 0.4) is 0 Å². The monoisotopic (exact) mass is 313 g/mol. The molecule has 1 aromatic carbocycles. The molecule has 2 rings (SSSR count). The van der Waals surface area contributed by atoms with Crippen molar-refractivity contribution in [2.75, 3.05) is 20.1 Å². The van der Waals surface area contributed by atoms with Crippen molar-refractivity contribution in [2.45, 2.75) is 23.8 Å². The molecule has 0 aliphatic carbocycles. The molecule has 0 saturated carbocycles. The summed E-state index contributed by atoms with van der Waals surface area (Å²) in [6.45, 7) is 0.953. The minimum absolute atomic E-state index is 0.0704. The molecule has 1 N–H and O–H groups in total. The second-order valence-electron chi connectivity index (χ2n) is 4.72. The van der Waals surface area contributed by atoms with Gasteiger partial charge in [-0.2, -0.15) is 9.57 Å². The molecule has 1 saturated heterocycles. The van der Waals surface area contributed by atoms with Crippen molar-refractivity contribution in [1.82, 2.24) is 9.62 Å². The molecule has 0 aromatic heterocycles. The molecule has 0 radical (unpaired) electrons. The Kier molecular flexibility index (Phi) is 4.66. The number of nitriles is 1. The molecule has 0 unspecified atom stereocenters. The standard InChI is InChI=1S/C13H16ClN3O2S/c1-16-11-4-6-17(7-5-11)20(18,19)13-3-2-10(9-15)8-12(13)14/h2-3,8,11,16H,4-7H2,1H3. The first-order valence-electron chi connectivity index (χ1n) is 6.36. The number of hydrogen-bond donors (Lipinski definition) is 1. The third-order valence-electron chi connectivity index (χ3n) is 3.54. The predicted molar refractivity (Wildman–Crippen MR) is 77.0 cm³/mol. The van der Waals surface area contributed by atoms with Crippen LogP contribution < -0.4 is 5.32 Å². The Morgan fingerprint density at radius 2 is 2.05 bits per heavy atom. The van der Waals surface area contributed by atoms with Crippen molar-refractivity contribution in [3.63, 3.8) is 0 Å². The highest BCUT2D eigenvalue weighted by Crippen LogP contribution is 2.27. The quantitative estimate of drug-likeness (QED) is 0.919. The zero-order chi connectivity index (χ0) is 14.8. The van der Waals surface area contributed by atoms with E-state index in [-0.39, 0.29) is 9.92 Å². The fourth-order valence-corrected chi connectivity index (χ4v) is 4.29. The van der Waals surface area contributed by atoms with Gasteiger partial charge in [0, 0.05) is 19.1 Å². The Hall–Kier alpha value is -1.13. The molecule has 1 aliphatic rings. The third kappa shape index (κ3) is 2.96. The molecule has 0 atom stereocenters. The molecule has 0 spiro atoms. The summed E-state index contributed by atoms with van der Waals surface area (Å²) in [5.41, 5.74) is 0.350. The Bertz CT molecular complexity index is 632. The first kappa shape index (κ1) is 15.3. The number of nitrogens with one attached hydrogen (secondary N) is 1. The zero-order valence-electron chi connectivity index (χ0n) is 11.1. The fraction of sp³-hybridized carbons (Fsp3) is 0.462. The summed E-state index contributed by atoms with van der Waals surface area (Å²) in [6, 6.07) is 6.56. The fourth-order valence-electron chi connectivity index (χ4n) is 2.30. The smallest absolute Gasteiger partial charge is 0.244 e. The van der Waals surface area contributed by atoms with Gasteiger partial charge in [-0.05, 0) is 38.1 Å². The van der Waals surface area contributed by atoms with Gasteiger partial charge >= 0.3 is 0 Å². The van der Waals surface area contributed by atoms with Crippen molar-refractivity contribution in [2.24, 2.45) is 0 Å². The van der Waals surface area contributed by atoms with Crippen molar-refractivity contribution < 1.29 is 8.42 Å². The molecule has 0 amide bonds. The zero-order valence-corrected chi connectivity index (χ0v) is 12.7. The van der Waals surface area contributed by atoms with Crippen molar-refractivity contribution in [1.29, 1.82) is 5.26 Å². The second kappa shape index (κ2) is 6.10. The average Bonchev–Trinajstić information content (AvgIpc) is 2.46. The topological polar surface area (TPSA) is 73.2 Å². The first-order chi connectivity index (χ1) is 9.48. The van der Waals surface area contributed by atoms with Crippen LogP contribution in [0.25, 0.3) is 0 Å². The minimum atomic E-state index is -3.59. The molecule has 20 heavy (non-hydrogen) atoms. The molecule has 5 nitrogen and oxygen atoms in total. The number of piperidine rings is 1. The maximum atomic E-state index is 12.5. The van der Waals surface area contributed by atoms with Crippen LogP contribution in [0, 0.1) is 11.3 Å². The SMILES string of the molecule is CNC1CCN(S(=O)(=O)c2ccc(C#N)cc2Cl)CC1. The van der Waals surface area contributed by atoms with Gasteiger partial charge in [-0.3, -0.25) is 0 Å². The van der Waals surface area contributed by atoms with Crippen LogP contribution in [0.4, 0.5) is 0 Å². The summed E-state index contributed by atoms with van der Waals surface area (Å²) in [5, 5.41) is 12.0. The van der Waals surface area contributed by atoms with E-state index in [0.29, 0.717) is 24.7 Å². The van der Waals surface area contributed by atoms with Gasteiger partial charge in [0.1, 0.15) is 4.90 Å². The van der Waals surface area contributed by atoms with E-state index in [1.54, 1.807) is 0 Å². The van der Waals surface area contributed by atoms with Gasteiger partial charge in [-0.1, -0.05) is 11.6 Å². The largest absolute Gasteiger partial charge is 0.317 e. The summed E-state index contributed by atoms with van der Waals surface area (Å²) in [4.78, 5) is 0.0704. The van der Waals surface area contributed by atoms with E-state index in [1.807, 2.05) is 13.1 Å². The maximum absolute atomic E-state index is 12.5. The summed E-state index contributed by atoms with van der Waals surface area (Å²) in [6.07, 6.45) is 1.56. The number of nitrogens with zero attached hydrogens (tertiary/aromatic N) is 2. The molecular weight excluding hydrogens is 298 g/mol. The lowest BCUT2D eigenvalue weighted by Crippen LogP contribution is -2.43. The number of halogens is 1. The van der Waals surface area contributed by atoms with Gasteiger partial charge < -0.3 is 5.32 Å². The average molecular weight is 314 g/mol. The molecule has 1 aliphatic heterocycles. The van der Waals surface area contributed by atoms with Crippen molar-refractivity contribution >= 4 is 21.6 Å². The molecule has 108 valence electrons. The van der Waals surface area contributed by atoms with E-state index in [1.165, 1.54) is 22.5 Å². The molecule has 0 bridgehead atoms. The summed E-state index contributed by atoms with van der Waals surface area (Å²) < 4.78 is 26.5. The Balaban J connectivity index is 2.25. The van der Waals surface area contributed by atoms with E-state index in [0.717, 1.165) is 12.8 Å². The predicted octanol–water partition coefficient (Wildman–Crippen LogP) is 1.58. The highest BCUT2D eigenvalue weighted by atomic mass is 35.5. The van der Waals surface area contributed by atoms with Crippen molar-refractivity contribution in [3.8, 4) is 6.07 Å². The Morgan fingerprint density at radius 3 is 2.55 bits per heavy atom. The second-order valence-corrected chi connectivity index (χ2v) is 7.04. The van der Waals surface area contributed by atoms with Gasteiger partial charge in [0.25, 0.3) is 0 Å². The van der Waals surface area contributed by atoms with Crippen LogP contribution in [0.1, 0.15) is 18.4 Å². The van der Waals surface area contributed by atoms with E-state index in [4.69, 9.17) is 16.9 Å². The Labute approximate surface area is 124 Å². The van der Waals surface area contributed by atoms with E-state index < -0.39 is 10.0 Å². The number of rotatable bonds is 3. The number of hydrogen-bond acceptors (Lipinski definition) is 4. The van der Waals surface area contributed by atoms with Gasteiger partial charge in [0.15, 0.2) is 0 Å². The van der Waals surface area contributed by atoms with Crippen molar-refractivity contribution in [3.05, 3.63) is 28.8 Å². The summed E-state index contributed by atoms with van der Waals surface area (Å²) in [5.74, 6) is 0. The molecule has 1 heterocycles. The molecule has 7 heteroatoms. The lowest BCUT2D eigenvalue weighted by molar-refractivity contribution is 0.298. The summed E-state index contributed by atoms with van der Waals surface area (Å²) in [7, 11) is -1.70. The molecule has 1 aromatic rings. The normalized spacial score (nSPS) is 17.9. The van der Waals surface area contributed by atoms with Crippen LogP contribution in [-0.2, 0) is 10.0 Å². The number of sulfonamides is 1. The number of benzene rings is 1. The van der Waals surface area contributed by atoms with Gasteiger partial charge in [0.05, 0.1) is 16.7 Å². The lowest BCUT2D eigenvalue weighted by Gasteiger charge is -2.31. The van der Waals surface area contributed by atoms with Gasteiger partial charge in [-0.15, -0.1) is 0 Å².